The maximum absolute atomic E-state index is 3.39. The van der Waals surface area contributed by atoms with E-state index in [0.29, 0.717) is 0 Å². The van der Waals surface area contributed by atoms with Crippen LogP contribution in [0.15, 0.2) is 0 Å². The minimum Gasteiger partial charge on any atom is -0.314 e. The Kier molecular flexibility index (Phi) is 3.16. The molecule has 10 heavy (non-hydrogen) atoms. The van der Waals surface area contributed by atoms with Crippen LogP contribution in [0.4, 0.5) is 0 Å². The van der Waals surface area contributed by atoms with E-state index in [1.54, 1.807) is 0 Å². The van der Waals surface area contributed by atoms with Crippen molar-refractivity contribution < 1.29 is 0 Å². The average molecular weight is 141 g/mol. The maximum Gasteiger partial charge on any atom is 0.0224 e. The van der Waals surface area contributed by atoms with E-state index in [0.717, 1.165) is 19.1 Å². The third-order valence-electron chi connectivity index (χ3n) is 2.20. The Morgan fingerprint density at radius 2 is 2.50 bits per heavy atom. The van der Waals surface area contributed by atoms with Gasteiger partial charge in [0.05, 0.1) is 0 Å². The third kappa shape index (κ3) is 1.70. The standard InChI is InChI=1S/C8H17N2/c1-3-8-7-9-5-6-10(8)4-2/h4,8-9H,3,5-7H2,1-2H3. The fourth-order valence-corrected chi connectivity index (χ4v) is 1.50. The molecule has 0 amide bonds. The Labute approximate surface area is 63.6 Å². The number of rotatable bonds is 2. The second-order valence-electron chi connectivity index (χ2n) is 2.76. The largest absolute Gasteiger partial charge is 0.314 e. The third-order valence-corrected chi connectivity index (χ3v) is 2.20. The molecular formula is C8H17N2. The molecule has 2 heteroatoms. The topological polar surface area (TPSA) is 15.3 Å². The SMILES string of the molecule is C[CH]N1CCNCC1CC. The molecule has 1 aliphatic heterocycles. The molecule has 0 saturated carbocycles. The van der Waals surface area contributed by atoms with E-state index >= 15 is 0 Å². The second kappa shape index (κ2) is 3.94. The van der Waals surface area contributed by atoms with E-state index in [9.17, 15) is 0 Å². The van der Waals surface area contributed by atoms with Gasteiger partial charge >= 0.3 is 0 Å². The van der Waals surface area contributed by atoms with Crippen LogP contribution in [0.3, 0.4) is 0 Å². The van der Waals surface area contributed by atoms with Crippen molar-refractivity contribution in [3.63, 3.8) is 0 Å². The Hall–Kier alpha value is -0.0800. The molecular weight excluding hydrogens is 124 g/mol. The van der Waals surface area contributed by atoms with Crippen LogP contribution < -0.4 is 5.32 Å². The monoisotopic (exact) mass is 141 g/mol. The molecule has 1 atom stereocenters. The van der Waals surface area contributed by atoms with Crippen molar-refractivity contribution in [2.75, 3.05) is 19.6 Å². The first-order valence-electron chi connectivity index (χ1n) is 4.14. The van der Waals surface area contributed by atoms with Gasteiger partial charge in [-0.1, -0.05) is 6.92 Å². The van der Waals surface area contributed by atoms with Crippen LogP contribution >= 0.6 is 0 Å². The van der Waals surface area contributed by atoms with Gasteiger partial charge in [-0.3, -0.25) is 4.90 Å². The molecule has 1 radical (unpaired) electrons. The molecule has 0 aromatic heterocycles. The van der Waals surface area contributed by atoms with Crippen molar-refractivity contribution in [3.8, 4) is 0 Å². The van der Waals surface area contributed by atoms with Crippen molar-refractivity contribution in [1.29, 1.82) is 0 Å². The van der Waals surface area contributed by atoms with Crippen LogP contribution in [0.5, 0.6) is 0 Å². The Morgan fingerprint density at radius 3 is 3.00 bits per heavy atom. The maximum atomic E-state index is 3.39. The summed E-state index contributed by atoms with van der Waals surface area (Å²) in [5, 5.41) is 3.39. The van der Waals surface area contributed by atoms with Crippen LogP contribution in [0, 0.1) is 6.54 Å². The highest BCUT2D eigenvalue weighted by atomic mass is 15.2. The summed E-state index contributed by atoms with van der Waals surface area (Å²) in [7, 11) is 0. The molecule has 1 rings (SSSR count). The smallest absolute Gasteiger partial charge is 0.0224 e. The number of piperazine rings is 1. The first-order chi connectivity index (χ1) is 4.88. The summed E-state index contributed by atoms with van der Waals surface area (Å²) in [6, 6.07) is 0.735. The Bertz CT molecular complexity index is 81.3. The lowest BCUT2D eigenvalue weighted by atomic mass is 10.1. The summed E-state index contributed by atoms with van der Waals surface area (Å²) in [4.78, 5) is 2.43. The molecule has 0 bridgehead atoms. The van der Waals surface area contributed by atoms with Gasteiger partial charge in [-0.05, 0) is 13.3 Å². The van der Waals surface area contributed by atoms with Crippen LogP contribution in [-0.2, 0) is 0 Å². The molecule has 0 aromatic rings. The van der Waals surface area contributed by atoms with Gasteiger partial charge in [-0.25, -0.2) is 0 Å². The zero-order valence-corrected chi connectivity index (χ0v) is 6.93. The second-order valence-corrected chi connectivity index (χ2v) is 2.76. The van der Waals surface area contributed by atoms with Crippen molar-refractivity contribution in [3.05, 3.63) is 6.54 Å². The van der Waals surface area contributed by atoms with Crippen molar-refractivity contribution in [1.82, 2.24) is 10.2 Å². The van der Waals surface area contributed by atoms with Crippen LogP contribution in [0.25, 0.3) is 0 Å². The minimum atomic E-state index is 0.735. The van der Waals surface area contributed by atoms with Gasteiger partial charge in [-0.2, -0.15) is 0 Å². The number of nitrogens with one attached hydrogen (secondary N) is 1. The van der Waals surface area contributed by atoms with E-state index in [4.69, 9.17) is 0 Å². The van der Waals surface area contributed by atoms with E-state index in [1.807, 2.05) is 0 Å². The van der Waals surface area contributed by atoms with Crippen LogP contribution in [0.1, 0.15) is 20.3 Å². The first kappa shape index (κ1) is 8.02. The zero-order chi connectivity index (χ0) is 7.40. The average Bonchev–Trinajstić information content (AvgIpc) is 2.04. The Balaban J connectivity index is 2.34. The highest BCUT2D eigenvalue weighted by molar-refractivity contribution is 4.81. The van der Waals surface area contributed by atoms with Gasteiger partial charge in [-0.15, -0.1) is 0 Å². The van der Waals surface area contributed by atoms with E-state index in [2.05, 4.69) is 30.6 Å². The minimum absolute atomic E-state index is 0.735. The van der Waals surface area contributed by atoms with Gasteiger partial charge in [0.1, 0.15) is 0 Å². The lowest BCUT2D eigenvalue weighted by Gasteiger charge is -2.34. The molecule has 0 aliphatic carbocycles. The van der Waals surface area contributed by atoms with E-state index in [1.165, 1.54) is 13.0 Å². The van der Waals surface area contributed by atoms with E-state index < -0.39 is 0 Å². The summed E-state index contributed by atoms with van der Waals surface area (Å²) in [6.07, 6.45) is 1.25. The molecule has 0 spiro atoms. The lowest BCUT2D eigenvalue weighted by Crippen LogP contribution is -2.49. The number of nitrogens with zero attached hydrogens (tertiary/aromatic N) is 1. The van der Waals surface area contributed by atoms with E-state index in [-0.39, 0.29) is 0 Å². The quantitative estimate of drug-likeness (QED) is 0.613. The summed E-state index contributed by atoms with van der Waals surface area (Å²) >= 11 is 0. The summed E-state index contributed by atoms with van der Waals surface area (Å²) < 4.78 is 0. The van der Waals surface area contributed by atoms with Gasteiger partial charge in [0.15, 0.2) is 0 Å². The fourth-order valence-electron chi connectivity index (χ4n) is 1.50. The molecule has 1 saturated heterocycles. The van der Waals surface area contributed by atoms with Crippen LogP contribution in [-0.4, -0.2) is 30.6 Å². The normalized spacial score (nSPS) is 28.8. The van der Waals surface area contributed by atoms with Crippen molar-refractivity contribution in [2.24, 2.45) is 0 Å². The molecule has 2 nitrogen and oxygen atoms in total. The Morgan fingerprint density at radius 1 is 1.70 bits per heavy atom. The highest BCUT2D eigenvalue weighted by Crippen LogP contribution is 2.07. The fraction of sp³-hybridized carbons (Fsp3) is 0.875. The molecule has 1 heterocycles. The summed E-state index contributed by atoms with van der Waals surface area (Å²) in [5.41, 5.74) is 0. The molecule has 1 unspecified atom stereocenters. The number of hydrogen-bond acceptors (Lipinski definition) is 2. The predicted molar refractivity (Wildman–Crippen MR) is 43.6 cm³/mol. The molecule has 1 aliphatic rings. The predicted octanol–water partition coefficient (Wildman–Crippen LogP) is 0.852. The van der Waals surface area contributed by atoms with Gasteiger partial charge < -0.3 is 5.32 Å². The van der Waals surface area contributed by atoms with Gasteiger partial charge in [0, 0.05) is 32.2 Å². The van der Waals surface area contributed by atoms with Gasteiger partial charge in [0.25, 0.3) is 0 Å². The summed E-state index contributed by atoms with van der Waals surface area (Å²) in [5.74, 6) is 0. The van der Waals surface area contributed by atoms with Crippen molar-refractivity contribution in [2.45, 2.75) is 26.3 Å². The molecule has 59 valence electrons. The lowest BCUT2D eigenvalue weighted by molar-refractivity contribution is 0.198. The summed E-state index contributed by atoms with van der Waals surface area (Å²) in [6.45, 7) is 10.0. The van der Waals surface area contributed by atoms with Crippen molar-refractivity contribution >= 4 is 0 Å². The first-order valence-corrected chi connectivity index (χ1v) is 4.14. The zero-order valence-electron chi connectivity index (χ0n) is 6.93. The molecule has 1 N–H and O–H groups in total. The van der Waals surface area contributed by atoms with Gasteiger partial charge in [0.2, 0.25) is 0 Å². The number of hydrogen-bond donors (Lipinski definition) is 1. The van der Waals surface area contributed by atoms with Crippen LogP contribution in [0.2, 0.25) is 0 Å². The molecule has 0 aromatic carbocycles. The highest BCUT2D eigenvalue weighted by Gasteiger charge is 2.17. The molecule has 1 fully saturated rings.